The molecule has 2 aliphatic carbocycles. The molecule has 326 valence electrons. The summed E-state index contributed by atoms with van der Waals surface area (Å²) in [6, 6.07) is 12.9. The molecule has 9 rings (SSSR count). The zero-order valence-corrected chi connectivity index (χ0v) is 36.1. The molecule has 2 saturated heterocycles. The van der Waals surface area contributed by atoms with Crippen molar-refractivity contribution in [2.45, 2.75) is 89.5 Å². The fourth-order valence-electron chi connectivity index (χ4n) is 9.57. The SMILES string of the molecule is CCN(C)SNc1ccc(F)c(Oc2ccc3nc[nH]c(=O)c3c2)c1C#N.Cn1nc(N2CCC(=O)NC2=O)c2cc(F)c(C3CCC(N4CCC5(CCCC5)CC4)CC3)cc21. The maximum absolute atomic E-state index is 15.4. The van der Waals surface area contributed by atoms with E-state index < -0.39 is 11.8 Å². The Hall–Kier alpha value is -5.57. The number of benzene rings is 3. The number of nitrogens with one attached hydrogen (secondary N) is 3. The van der Waals surface area contributed by atoms with Gasteiger partial charge in [-0.3, -0.25) is 24.5 Å². The van der Waals surface area contributed by atoms with Crippen molar-refractivity contribution < 1.29 is 23.1 Å². The van der Waals surface area contributed by atoms with Crippen molar-refractivity contribution in [1.82, 2.24) is 34.3 Å². The number of ether oxygens (including phenoxy) is 1. The minimum absolute atomic E-state index is 0.0344. The lowest BCUT2D eigenvalue weighted by molar-refractivity contribution is -0.120. The topological polar surface area (TPSA) is 165 Å². The second-order valence-corrected chi connectivity index (χ2v) is 17.9. The molecule has 4 aliphatic rings. The van der Waals surface area contributed by atoms with Crippen LogP contribution in [0.25, 0.3) is 21.8 Å². The average molecular weight is 867 g/mol. The van der Waals surface area contributed by atoms with Crippen LogP contribution in [-0.2, 0) is 11.8 Å². The van der Waals surface area contributed by atoms with Crippen molar-refractivity contribution in [3.05, 3.63) is 81.9 Å². The predicted molar refractivity (Wildman–Crippen MR) is 236 cm³/mol. The molecule has 0 atom stereocenters. The number of nitrogens with zero attached hydrogens (tertiary/aromatic N) is 7. The maximum atomic E-state index is 15.4. The van der Waals surface area contributed by atoms with Gasteiger partial charge in [0.15, 0.2) is 17.4 Å². The first-order chi connectivity index (χ1) is 30.0. The second kappa shape index (κ2) is 18.4. The Morgan fingerprint density at radius 2 is 1.74 bits per heavy atom. The van der Waals surface area contributed by atoms with Crippen LogP contribution in [0.2, 0.25) is 0 Å². The Morgan fingerprint density at radius 3 is 2.45 bits per heavy atom. The third kappa shape index (κ3) is 9.00. The van der Waals surface area contributed by atoms with Crippen molar-refractivity contribution in [1.29, 1.82) is 5.26 Å². The van der Waals surface area contributed by atoms with Gasteiger partial charge in [-0.1, -0.05) is 19.8 Å². The Kier molecular flexibility index (Phi) is 12.8. The molecule has 0 unspecified atom stereocenters. The minimum atomic E-state index is -0.675. The van der Waals surface area contributed by atoms with Crippen LogP contribution in [0, 0.1) is 28.4 Å². The lowest BCUT2D eigenvalue weighted by Gasteiger charge is -2.44. The molecule has 4 heterocycles. The Bertz CT molecular complexity index is 2570. The highest BCUT2D eigenvalue weighted by Crippen LogP contribution is 2.47. The van der Waals surface area contributed by atoms with Gasteiger partial charge in [-0.2, -0.15) is 10.4 Å². The second-order valence-electron chi connectivity index (χ2n) is 16.9. The summed E-state index contributed by atoms with van der Waals surface area (Å²) in [7, 11) is 3.70. The molecule has 0 radical (unpaired) electrons. The van der Waals surface area contributed by atoms with Crippen molar-refractivity contribution in [2.75, 3.05) is 42.8 Å². The fourth-order valence-corrected chi connectivity index (χ4v) is 10.1. The van der Waals surface area contributed by atoms with E-state index in [9.17, 15) is 24.0 Å². The molecule has 1 spiro atoms. The summed E-state index contributed by atoms with van der Waals surface area (Å²) in [4.78, 5) is 46.5. The maximum Gasteiger partial charge on any atom is 0.329 e. The van der Waals surface area contributed by atoms with E-state index in [1.54, 1.807) is 16.8 Å². The number of H-pyrrole nitrogens is 1. The summed E-state index contributed by atoms with van der Waals surface area (Å²) < 4.78 is 42.1. The zero-order chi connectivity index (χ0) is 43.5. The Labute approximate surface area is 363 Å². The van der Waals surface area contributed by atoms with Crippen LogP contribution in [0.15, 0.2) is 53.6 Å². The number of imide groups is 1. The quantitative estimate of drug-likeness (QED) is 0.122. The molecule has 2 aromatic heterocycles. The van der Waals surface area contributed by atoms with Gasteiger partial charge in [-0.15, -0.1) is 0 Å². The summed E-state index contributed by atoms with van der Waals surface area (Å²) in [6.45, 7) is 5.49. The number of aryl methyl sites for hydroxylation is 1. The number of carbonyl (C=O) groups excluding carboxylic acids is 2. The van der Waals surface area contributed by atoms with E-state index in [0.29, 0.717) is 39.3 Å². The van der Waals surface area contributed by atoms with Crippen LogP contribution in [0.4, 0.5) is 25.1 Å². The summed E-state index contributed by atoms with van der Waals surface area (Å²) in [5.41, 5.74) is 2.86. The van der Waals surface area contributed by atoms with E-state index in [-0.39, 0.29) is 53.2 Å². The van der Waals surface area contributed by atoms with Gasteiger partial charge >= 0.3 is 6.03 Å². The summed E-state index contributed by atoms with van der Waals surface area (Å²) >= 11 is 1.28. The number of rotatable bonds is 9. The lowest BCUT2D eigenvalue weighted by atomic mass is 9.75. The molecule has 17 heteroatoms. The normalized spacial score (nSPS) is 20.3. The smallest absolute Gasteiger partial charge is 0.329 e. The van der Waals surface area contributed by atoms with Gasteiger partial charge in [0.25, 0.3) is 5.56 Å². The third-order valence-electron chi connectivity index (χ3n) is 13.2. The molecule has 5 aromatic rings. The number of anilines is 2. The van der Waals surface area contributed by atoms with Crippen molar-refractivity contribution in [2.24, 2.45) is 12.5 Å². The van der Waals surface area contributed by atoms with E-state index in [1.807, 2.05) is 37.5 Å². The number of fused-ring (bicyclic) bond motifs is 2. The highest BCUT2D eigenvalue weighted by Gasteiger charge is 2.39. The number of aromatic amines is 1. The van der Waals surface area contributed by atoms with Gasteiger partial charge in [0.05, 0.1) is 28.4 Å². The van der Waals surface area contributed by atoms with Crippen LogP contribution in [0.5, 0.6) is 11.5 Å². The molecule has 4 fully saturated rings. The molecule has 2 saturated carbocycles. The Morgan fingerprint density at radius 1 is 0.984 bits per heavy atom. The number of amides is 3. The third-order valence-corrected chi connectivity index (χ3v) is 14.1. The number of aromatic nitrogens is 4. The molecular formula is C45H52F2N10O4S. The van der Waals surface area contributed by atoms with Crippen molar-refractivity contribution in [3.8, 4) is 17.6 Å². The largest absolute Gasteiger partial charge is 0.453 e. The first-order valence-corrected chi connectivity index (χ1v) is 22.3. The summed E-state index contributed by atoms with van der Waals surface area (Å²) in [6.07, 6.45) is 14.2. The first-order valence-electron chi connectivity index (χ1n) is 21.5. The van der Waals surface area contributed by atoms with Gasteiger partial charge in [-0.25, -0.2) is 22.9 Å². The number of nitriles is 1. The van der Waals surface area contributed by atoms with Crippen molar-refractivity contribution >= 4 is 57.4 Å². The van der Waals surface area contributed by atoms with Crippen molar-refractivity contribution in [3.63, 3.8) is 0 Å². The summed E-state index contributed by atoms with van der Waals surface area (Å²) in [5.74, 6) is -0.536. The average Bonchev–Trinajstić information content (AvgIpc) is 3.87. The lowest BCUT2D eigenvalue weighted by Crippen LogP contribution is -2.49. The van der Waals surface area contributed by atoms with E-state index in [2.05, 4.69) is 30.0 Å². The van der Waals surface area contributed by atoms with Gasteiger partial charge in [-0.05, 0) is 131 Å². The van der Waals surface area contributed by atoms with Gasteiger partial charge < -0.3 is 19.3 Å². The van der Waals surface area contributed by atoms with Gasteiger partial charge in [0, 0.05) is 50.1 Å². The Balaban J connectivity index is 0.000000177. The van der Waals surface area contributed by atoms with Crippen LogP contribution in [-0.4, -0.2) is 80.2 Å². The number of carbonyl (C=O) groups is 2. The number of hydrogen-bond donors (Lipinski definition) is 3. The van der Waals surface area contributed by atoms with Gasteiger partial charge in [0.1, 0.15) is 23.2 Å². The number of urea groups is 1. The molecule has 3 aromatic carbocycles. The predicted octanol–water partition coefficient (Wildman–Crippen LogP) is 8.49. The summed E-state index contributed by atoms with van der Waals surface area (Å²) in [5, 5.41) is 17.3. The highest BCUT2D eigenvalue weighted by atomic mass is 32.2. The van der Waals surface area contributed by atoms with Crippen LogP contribution < -0.4 is 25.2 Å². The fraction of sp³-hybridized carbons (Fsp3) is 0.467. The molecule has 62 heavy (non-hydrogen) atoms. The van der Waals surface area contributed by atoms with E-state index in [0.717, 1.165) is 43.3 Å². The van der Waals surface area contributed by atoms with Gasteiger partial charge in [0.2, 0.25) is 5.91 Å². The number of halogens is 2. The van der Waals surface area contributed by atoms with Crippen LogP contribution in [0.3, 0.4) is 0 Å². The number of likely N-dealkylation sites (tertiary alicyclic amines) is 1. The van der Waals surface area contributed by atoms with Crippen LogP contribution in [0.1, 0.15) is 94.6 Å². The molecular weight excluding hydrogens is 815 g/mol. The van der Waals surface area contributed by atoms with E-state index >= 15 is 4.39 Å². The molecule has 3 N–H and O–H groups in total. The standard InChI is InChI=1S/C27H36FN5O2.C18H16FN5O2S/c1-31-23-17-20(22(28)16-21(23)25(30-31)33-13-8-24(34)29-26(33)35)18-4-6-19(7-5-18)32-14-11-27(12-15-32)9-2-3-10-27;1-3-24(2)27-23-16-7-5-14(19)17(13(16)9-20)26-11-4-6-15-12(8-11)18(25)22-10-21-15/h16-19H,2-15H2,1H3,(H,29,34,35);4-8,10,23H,3H2,1-2H3,(H,21,22,25). The van der Waals surface area contributed by atoms with E-state index in [1.165, 1.54) is 99.2 Å². The van der Waals surface area contributed by atoms with E-state index in [4.69, 9.17) is 4.74 Å². The molecule has 14 nitrogen and oxygen atoms in total. The number of piperidine rings is 1. The molecule has 3 amide bonds. The first kappa shape index (κ1) is 43.1. The molecule has 0 bridgehead atoms. The minimum Gasteiger partial charge on any atom is -0.453 e. The highest BCUT2D eigenvalue weighted by molar-refractivity contribution is 7.98. The molecule has 2 aliphatic heterocycles. The number of hydrogen-bond acceptors (Lipinski definition) is 11. The van der Waals surface area contributed by atoms with Crippen LogP contribution >= 0.6 is 12.1 Å². The zero-order valence-electron chi connectivity index (χ0n) is 35.3. The monoisotopic (exact) mass is 866 g/mol.